The maximum Gasteiger partial charge on any atom is 0.173 e. The van der Waals surface area contributed by atoms with Crippen molar-refractivity contribution in [2.45, 2.75) is 13.0 Å². The molecule has 0 unspecified atom stereocenters. The molecule has 0 aliphatic rings. The lowest BCUT2D eigenvalue weighted by molar-refractivity contribution is 0.178. The number of ether oxygens (including phenoxy) is 2. The van der Waals surface area contributed by atoms with Crippen molar-refractivity contribution in [3.8, 4) is 5.75 Å². The Bertz CT molecular complexity index is 449. The maximum atomic E-state index is 8.73. The molecule has 1 aromatic rings. The number of benzene rings is 1. The Morgan fingerprint density at radius 3 is 2.75 bits per heavy atom. The van der Waals surface area contributed by atoms with Crippen LogP contribution in [0, 0.1) is 0 Å². The molecule has 0 aliphatic heterocycles. The third kappa shape index (κ3) is 4.71. The monoisotopic (exact) mass is 281 g/mol. The minimum Gasteiger partial charge on any atom is -0.496 e. The zero-order chi connectivity index (χ0) is 15.0. The van der Waals surface area contributed by atoms with Gasteiger partial charge in [0.2, 0.25) is 0 Å². The van der Waals surface area contributed by atoms with Crippen LogP contribution in [0.15, 0.2) is 23.4 Å². The average molecular weight is 281 g/mol. The normalized spacial score (nSPS) is 11.9. The number of hydrogen-bond donors (Lipinski definition) is 2. The summed E-state index contributed by atoms with van der Waals surface area (Å²) < 4.78 is 10.3. The lowest BCUT2D eigenvalue weighted by Crippen LogP contribution is -2.20. The topological polar surface area (TPSA) is 80.3 Å². The molecule has 6 nitrogen and oxygen atoms in total. The van der Waals surface area contributed by atoms with Crippen LogP contribution in [-0.2, 0) is 11.3 Å². The molecular weight excluding hydrogens is 258 g/mol. The van der Waals surface area contributed by atoms with Crippen LogP contribution in [0.25, 0.3) is 0 Å². The van der Waals surface area contributed by atoms with E-state index in [9.17, 15) is 0 Å². The first-order valence-corrected chi connectivity index (χ1v) is 6.44. The van der Waals surface area contributed by atoms with E-state index in [1.54, 1.807) is 20.3 Å². The van der Waals surface area contributed by atoms with Crippen molar-refractivity contribution in [2.24, 2.45) is 10.9 Å². The second kappa shape index (κ2) is 8.39. The molecule has 0 saturated carbocycles. The minimum absolute atomic E-state index is 0.0434. The third-order valence-electron chi connectivity index (χ3n) is 2.99. The first-order valence-electron chi connectivity index (χ1n) is 6.44. The molecule has 0 bridgehead atoms. The van der Waals surface area contributed by atoms with Gasteiger partial charge in [0.05, 0.1) is 12.7 Å². The van der Waals surface area contributed by atoms with Gasteiger partial charge in [0.15, 0.2) is 5.84 Å². The van der Waals surface area contributed by atoms with Crippen molar-refractivity contribution in [1.29, 1.82) is 0 Å². The fourth-order valence-electron chi connectivity index (χ4n) is 1.97. The summed E-state index contributed by atoms with van der Waals surface area (Å²) >= 11 is 0. The Balaban J connectivity index is 2.73. The molecule has 0 spiro atoms. The summed E-state index contributed by atoms with van der Waals surface area (Å²) in [6.07, 6.45) is 0.992. The van der Waals surface area contributed by atoms with E-state index in [1.165, 1.54) is 0 Å². The van der Waals surface area contributed by atoms with E-state index in [2.05, 4.69) is 17.1 Å². The SMILES string of the molecule is COCCCN(C)Cc1ccc(/C(N)=N/O)c(OC)c1. The van der Waals surface area contributed by atoms with Crippen molar-refractivity contribution in [3.63, 3.8) is 0 Å². The third-order valence-corrected chi connectivity index (χ3v) is 2.99. The first kappa shape index (κ1) is 16.3. The molecule has 112 valence electrons. The van der Waals surface area contributed by atoms with Crippen molar-refractivity contribution in [2.75, 3.05) is 34.4 Å². The van der Waals surface area contributed by atoms with E-state index in [4.69, 9.17) is 20.4 Å². The van der Waals surface area contributed by atoms with Crippen LogP contribution < -0.4 is 10.5 Å². The molecule has 3 N–H and O–H groups in total. The van der Waals surface area contributed by atoms with E-state index in [1.807, 2.05) is 12.1 Å². The van der Waals surface area contributed by atoms with Gasteiger partial charge in [0.25, 0.3) is 0 Å². The Morgan fingerprint density at radius 2 is 2.15 bits per heavy atom. The highest BCUT2D eigenvalue weighted by Gasteiger charge is 2.09. The fraction of sp³-hybridized carbons (Fsp3) is 0.500. The molecule has 0 aromatic heterocycles. The van der Waals surface area contributed by atoms with Crippen LogP contribution in [0.4, 0.5) is 0 Å². The van der Waals surface area contributed by atoms with Crippen LogP contribution in [0.3, 0.4) is 0 Å². The van der Waals surface area contributed by atoms with Gasteiger partial charge in [-0.25, -0.2) is 0 Å². The summed E-state index contributed by atoms with van der Waals surface area (Å²) in [6, 6.07) is 5.65. The smallest absolute Gasteiger partial charge is 0.173 e. The average Bonchev–Trinajstić information content (AvgIpc) is 2.46. The highest BCUT2D eigenvalue weighted by molar-refractivity contribution is 5.99. The van der Waals surface area contributed by atoms with Gasteiger partial charge in [0, 0.05) is 26.8 Å². The van der Waals surface area contributed by atoms with Gasteiger partial charge < -0.3 is 25.3 Å². The Morgan fingerprint density at radius 1 is 1.40 bits per heavy atom. The summed E-state index contributed by atoms with van der Waals surface area (Å²) in [4.78, 5) is 2.21. The van der Waals surface area contributed by atoms with Crippen molar-refractivity contribution < 1.29 is 14.7 Å². The number of hydrogen-bond acceptors (Lipinski definition) is 5. The molecular formula is C14H23N3O3. The molecule has 6 heteroatoms. The summed E-state index contributed by atoms with van der Waals surface area (Å²) in [5, 5.41) is 11.7. The van der Waals surface area contributed by atoms with Crippen LogP contribution in [0.1, 0.15) is 17.5 Å². The number of oxime groups is 1. The van der Waals surface area contributed by atoms with Crippen LogP contribution in [-0.4, -0.2) is 50.4 Å². The van der Waals surface area contributed by atoms with E-state index in [0.717, 1.165) is 31.7 Å². The number of nitrogens with zero attached hydrogens (tertiary/aromatic N) is 2. The molecule has 0 atom stereocenters. The highest BCUT2D eigenvalue weighted by Crippen LogP contribution is 2.20. The van der Waals surface area contributed by atoms with Crippen molar-refractivity contribution >= 4 is 5.84 Å². The van der Waals surface area contributed by atoms with Gasteiger partial charge in [-0.3, -0.25) is 0 Å². The van der Waals surface area contributed by atoms with Crippen molar-refractivity contribution in [3.05, 3.63) is 29.3 Å². The molecule has 1 rings (SSSR count). The molecule has 20 heavy (non-hydrogen) atoms. The van der Waals surface area contributed by atoms with E-state index >= 15 is 0 Å². The van der Waals surface area contributed by atoms with E-state index in [0.29, 0.717) is 11.3 Å². The lowest BCUT2D eigenvalue weighted by atomic mass is 10.1. The quantitative estimate of drug-likeness (QED) is 0.246. The predicted octanol–water partition coefficient (Wildman–Crippen LogP) is 1.26. The molecule has 0 radical (unpaired) electrons. The molecule has 0 aliphatic carbocycles. The summed E-state index contributed by atoms with van der Waals surface area (Å²) in [7, 11) is 5.33. The van der Waals surface area contributed by atoms with Crippen LogP contribution in [0.5, 0.6) is 5.75 Å². The number of rotatable bonds is 8. The Hall–Kier alpha value is -1.79. The molecule has 0 fully saturated rings. The zero-order valence-corrected chi connectivity index (χ0v) is 12.3. The first-order chi connectivity index (χ1) is 9.62. The second-order valence-corrected chi connectivity index (χ2v) is 4.60. The van der Waals surface area contributed by atoms with Crippen molar-refractivity contribution in [1.82, 2.24) is 4.90 Å². The summed E-state index contributed by atoms with van der Waals surface area (Å²) in [5.41, 5.74) is 7.29. The molecule has 1 aromatic carbocycles. The van der Waals surface area contributed by atoms with Gasteiger partial charge >= 0.3 is 0 Å². The standard InChI is InChI=1S/C14H23N3O3/c1-17(7-4-8-19-2)10-11-5-6-12(14(15)16-18)13(9-11)20-3/h5-6,9,18H,4,7-8,10H2,1-3H3,(H2,15,16). The van der Waals surface area contributed by atoms with Gasteiger partial charge in [-0.15, -0.1) is 0 Å². The summed E-state index contributed by atoms with van der Waals surface area (Å²) in [6.45, 7) is 2.52. The predicted molar refractivity (Wildman–Crippen MR) is 78.3 cm³/mol. The largest absolute Gasteiger partial charge is 0.496 e. The molecule has 0 saturated heterocycles. The van der Waals surface area contributed by atoms with Gasteiger partial charge in [0.1, 0.15) is 5.75 Å². The van der Waals surface area contributed by atoms with E-state index < -0.39 is 0 Å². The van der Waals surface area contributed by atoms with E-state index in [-0.39, 0.29) is 5.84 Å². The van der Waals surface area contributed by atoms with Gasteiger partial charge in [-0.2, -0.15) is 0 Å². The molecule has 0 heterocycles. The number of methoxy groups -OCH3 is 2. The van der Waals surface area contributed by atoms with Gasteiger partial charge in [-0.05, 0) is 31.2 Å². The summed E-state index contributed by atoms with van der Waals surface area (Å²) in [5.74, 6) is 0.643. The fourth-order valence-corrected chi connectivity index (χ4v) is 1.97. The lowest BCUT2D eigenvalue weighted by Gasteiger charge is -2.17. The highest BCUT2D eigenvalue weighted by atomic mass is 16.5. The minimum atomic E-state index is 0.0434. The number of nitrogens with two attached hydrogens (primary N) is 1. The maximum absolute atomic E-state index is 8.73. The zero-order valence-electron chi connectivity index (χ0n) is 12.3. The Labute approximate surface area is 119 Å². The van der Waals surface area contributed by atoms with Crippen LogP contribution in [0.2, 0.25) is 0 Å². The molecule has 0 amide bonds. The second-order valence-electron chi connectivity index (χ2n) is 4.60. The van der Waals surface area contributed by atoms with Crippen LogP contribution >= 0.6 is 0 Å². The number of amidine groups is 1. The van der Waals surface area contributed by atoms with Gasteiger partial charge in [-0.1, -0.05) is 11.2 Å². The Kier molecular flexibility index (Phi) is 6.83.